The van der Waals surface area contributed by atoms with E-state index in [2.05, 4.69) is 4.98 Å². The number of carbonyl (C=O) groups is 2. The number of pyridine rings is 1. The zero-order valence-electron chi connectivity index (χ0n) is 7.60. The smallest absolute Gasteiger partial charge is 0.337 e. The van der Waals surface area contributed by atoms with Crippen LogP contribution in [0.5, 0.6) is 0 Å². The van der Waals surface area contributed by atoms with Crippen molar-refractivity contribution in [2.24, 2.45) is 5.73 Å². The van der Waals surface area contributed by atoms with Crippen LogP contribution in [0.15, 0.2) is 18.5 Å². The molecule has 0 saturated heterocycles. The van der Waals surface area contributed by atoms with E-state index in [1.54, 1.807) is 0 Å². The molecular weight excluding hydrogens is 184 g/mol. The third-order valence-corrected chi connectivity index (χ3v) is 1.80. The molecule has 1 unspecified atom stereocenters. The molecule has 0 aliphatic heterocycles. The second-order valence-electron chi connectivity index (χ2n) is 2.90. The average molecular weight is 194 g/mol. The summed E-state index contributed by atoms with van der Waals surface area (Å²) in [5.41, 5.74) is 5.97. The van der Waals surface area contributed by atoms with Crippen molar-refractivity contribution < 1.29 is 14.7 Å². The van der Waals surface area contributed by atoms with Crippen LogP contribution < -0.4 is 5.73 Å². The first-order valence-corrected chi connectivity index (χ1v) is 3.96. The molecule has 0 aromatic carbocycles. The molecule has 1 heterocycles. The SMILES string of the molecule is CC(=O)C(N)c1cncc(C(=O)O)c1. The summed E-state index contributed by atoms with van der Waals surface area (Å²) >= 11 is 0. The van der Waals surface area contributed by atoms with Gasteiger partial charge in [-0.15, -0.1) is 0 Å². The summed E-state index contributed by atoms with van der Waals surface area (Å²) in [7, 11) is 0. The van der Waals surface area contributed by atoms with Crippen molar-refractivity contribution >= 4 is 11.8 Å². The van der Waals surface area contributed by atoms with Gasteiger partial charge < -0.3 is 10.8 Å². The molecule has 1 atom stereocenters. The van der Waals surface area contributed by atoms with E-state index in [1.807, 2.05) is 0 Å². The van der Waals surface area contributed by atoms with Crippen LogP contribution in [0.2, 0.25) is 0 Å². The Morgan fingerprint density at radius 1 is 1.50 bits per heavy atom. The maximum Gasteiger partial charge on any atom is 0.337 e. The van der Waals surface area contributed by atoms with Gasteiger partial charge in [-0.2, -0.15) is 0 Å². The molecule has 5 heteroatoms. The lowest BCUT2D eigenvalue weighted by atomic mass is 10.1. The number of carbonyl (C=O) groups excluding carboxylic acids is 1. The van der Waals surface area contributed by atoms with Crippen molar-refractivity contribution in [3.05, 3.63) is 29.6 Å². The molecule has 0 aliphatic carbocycles. The minimum Gasteiger partial charge on any atom is -0.478 e. The Balaban J connectivity index is 3.05. The molecule has 1 aromatic heterocycles. The molecule has 0 bridgehead atoms. The van der Waals surface area contributed by atoms with E-state index in [-0.39, 0.29) is 11.3 Å². The minimum atomic E-state index is -1.09. The highest BCUT2D eigenvalue weighted by molar-refractivity contribution is 5.88. The molecule has 0 aliphatic rings. The zero-order valence-corrected chi connectivity index (χ0v) is 7.60. The van der Waals surface area contributed by atoms with Gasteiger partial charge in [0.15, 0.2) is 5.78 Å². The van der Waals surface area contributed by atoms with Crippen LogP contribution >= 0.6 is 0 Å². The third-order valence-electron chi connectivity index (χ3n) is 1.80. The Bertz CT molecular complexity index is 376. The number of nitrogens with two attached hydrogens (primary N) is 1. The number of aromatic carboxylic acids is 1. The number of carboxylic acids is 1. The van der Waals surface area contributed by atoms with E-state index in [4.69, 9.17) is 10.8 Å². The number of nitrogens with zero attached hydrogens (tertiary/aromatic N) is 1. The minimum absolute atomic E-state index is 0.0270. The molecule has 1 rings (SSSR count). The van der Waals surface area contributed by atoms with Crippen molar-refractivity contribution in [3.8, 4) is 0 Å². The van der Waals surface area contributed by atoms with Gasteiger partial charge in [0.1, 0.15) is 0 Å². The predicted octanol–water partition coefficient (Wildman–Crippen LogP) is 0.369. The number of hydrogen-bond donors (Lipinski definition) is 2. The lowest BCUT2D eigenvalue weighted by molar-refractivity contribution is -0.118. The normalized spacial score (nSPS) is 12.1. The van der Waals surface area contributed by atoms with E-state index in [9.17, 15) is 9.59 Å². The fourth-order valence-corrected chi connectivity index (χ4v) is 0.979. The second-order valence-corrected chi connectivity index (χ2v) is 2.90. The molecule has 3 N–H and O–H groups in total. The summed E-state index contributed by atoms with van der Waals surface area (Å²) < 4.78 is 0. The number of rotatable bonds is 3. The molecule has 1 aromatic rings. The Labute approximate surface area is 80.6 Å². The molecule has 74 valence electrons. The predicted molar refractivity (Wildman–Crippen MR) is 48.8 cm³/mol. The van der Waals surface area contributed by atoms with E-state index in [0.717, 1.165) is 0 Å². The first-order valence-electron chi connectivity index (χ1n) is 3.96. The zero-order chi connectivity index (χ0) is 10.7. The van der Waals surface area contributed by atoms with Crippen LogP contribution in [-0.4, -0.2) is 21.8 Å². The summed E-state index contributed by atoms with van der Waals surface area (Å²) in [5.74, 6) is -1.32. The van der Waals surface area contributed by atoms with Gasteiger partial charge >= 0.3 is 5.97 Å². The van der Waals surface area contributed by atoms with E-state index in [0.29, 0.717) is 5.56 Å². The fourth-order valence-electron chi connectivity index (χ4n) is 0.979. The molecular formula is C9H10N2O3. The standard InChI is InChI=1S/C9H10N2O3/c1-5(12)8(10)6-2-7(9(13)14)4-11-3-6/h2-4,8H,10H2,1H3,(H,13,14). The molecule has 0 radical (unpaired) electrons. The van der Waals surface area contributed by atoms with Gasteiger partial charge in [0.25, 0.3) is 0 Å². The highest BCUT2D eigenvalue weighted by Crippen LogP contribution is 2.11. The monoisotopic (exact) mass is 194 g/mol. The Morgan fingerprint density at radius 3 is 2.64 bits per heavy atom. The maximum atomic E-state index is 10.9. The Kier molecular flexibility index (Phi) is 2.93. The van der Waals surface area contributed by atoms with Crippen molar-refractivity contribution in [2.75, 3.05) is 0 Å². The van der Waals surface area contributed by atoms with Crippen LogP contribution in [0.1, 0.15) is 28.9 Å². The first kappa shape index (κ1) is 10.3. The highest BCUT2D eigenvalue weighted by Gasteiger charge is 2.13. The molecule has 5 nitrogen and oxygen atoms in total. The lowest BCUT2D eigenvalue weighted by Crippen LogP contribution is -2.19. The summed E-state index contributed by atoms with van der Waals surface area (Å²) in [6, 6.07) is 0.545. The summed E-state index contributed by atoms with van der Waals surface area (Å²) in [6.07, 6.45) is 2.59. The number of carboxylic acid groups (broad SMARTS) is 1. The van der Waals surface area contributed by atoms with Gasteiger partial charge in [-0.25, -0.2) is 4.79 Å². The van der Waals surface area contributed by atoms with Gasteiger partial charge in [-0.1, -0.05) is 0 Å². The van der Waals surface area contributed by atoms with Crippen molar-refractivity contribution in [1.29, 1.82) is 0 Å². The number of hydrogen-bond acceptors (Lipinski definition) is 4. The quantitative estimate of drug-likeness (QED) is 0.725. The topological polar surface area (TPSA) is 93.3 Å². The second kappa shape index (κ2) is 3.97. The van der Waals surface area contributed by atoms with Crippen LogP contribution in [0, 0.1) is 0 Å². The third kappa shape index (κ3) is 2.14. The molecule has 0 amide bonds. The van der Waals surface area contributed by atoms with Gasteiger partial charge in [0.05, 0.1) is 11.6 Å². The van der Waals surface area contributed by atoms with E-state index < -0.39 is 12.0 Å². The number of Topliss-reactive ketones (excluding diaryl/α,β-unsaturated/α-hetero) is 1. The lowest BCUT2D eigenvalue weighted by Gasteiger charge is -2.07. The molecule has 0 saturated carbocycles. The fraction of sp³-hybridized carbons (Fsp3) is 0.222. The van der Waals surface area contributed by atoms with E-state index >= 15 is 0 Å². The van der Waals surface area contributed by atoms with Crippen LogP contribution in [0.4, 0.5) is 0 Å². The molecule has 0 fully saturated rings. The molecule has 0 spiro atoms. The average Bonchev–Trinajstić information content (AvgIpc) is 2.16. The van der Waals surface area contributed by atoms with Crippen LogP contribution in [-0.2, 0) is 4.79 Å². The summed E-state index contributed by atoms with van der Waals surface area (Å²) in [4.78, 5) is 25.2. The van der Waals surface area contributed by atoms with Crippen molar-refractivity contribution in [1.82, 2.24) is 4.98 Å². The van der Waals surface area contributed by atoms with Crippen molar-refractivity contribution in [2.45, 2.75) is 13.0 Å². The van der Waals surface area contributed by atoms with Gasteiger partial charge in [0.2, 0.25) is 0 Å². The first-order chi connectivity index (χ1) is 6.52. The van der Waals surface area contributed by atoms with E-state index in [1.165, 1.54) is 25.4 Å². The summed E-state index contributed by atoms with van der Waals surface area (Å²) in [5, 5.41) is 8.66. The Morgan fingerprint density at radius 2 is 2.14 bits per heavy atom. The number of aromatic nitrogens is 1. The van der Waals surface area contributed by atoms with Gasteiger partial charge in [-0.3, -0.25) is 9.78 Å². The van der Waals surface area contributed by atoms with Crippen LogP contribution in [0.3, 0.4) is 0 Å². The highest BCUT2D eigenvalue weighted by atomic mass is 16.4. The van der Waals surface area contributed by atoms with Gasteiger partial charge in [-0.05, 0) is 18.6 Å². The van der Waals surface area contributed by atoms with Crippen LogP contribution in [0.25, 0.3) is 0 Å². The van der Waals surface area contributed by atoms with Crippen molar-refractivity contribution in [3.63, 3.8) is 0 Å². The maximum absolute atomic E-state index is 10.9. The number of ketones is 1. The molecule has 14 heavy (non-hydrogen) atoms. The van der Waals surface area contributed by atoms with Gasteiger partial charge in [0, 0.05) is 12.4 Å². The Hall–Kier alpha value is -1.75. The largest absolute Gasteiger partial charge is 0.478 e. The summed E-state index contributed by atoms with van der Waals surface area (Å²) in [6.45, 7) is 1.35.